The van der Waals surface area contributed by atoms with Gasteiger partial charge in [0.15, 0.2) is 0 Å². The van der Waals surface area contributed by atoms with Crippen LogP contribution in [0.5, 0.6) is 0 Å². The molecule has 2 aromatic carbocycles. The Hall–Kier alpha value is -2.57. The largest absolute Gasteiger partial charge is 0.341 e. The van der Waals surface area contributed by atoms with Crippen LogP contribution in [0.25, 0.3) is 0 Å². The van der Waals surface area contributed by atoms with Gasteiger partial charge in [0.25, 0.3) is 0 Å². The number of rotatable bonds is 4. The monoisotopic (exact) mass is 454 g/mol. The van der Waals surface area contributed by atoms with Gasteiger partial charge in [-0.2, -0.15) is 0 Å². The van der Waals surface area contributed by atoms with Gasteiger partial charge in [-0.15, -0.1) is 0 Å². The Morgan fingerprint density at radius 2 is 1.62 bits per heavy atom. The molecule has 3 amide bonds. The number of urea groups is 1. The molecule has 2 aromatic rings. The summed E-state index contributed by atoms with van der Waals surface area (Å²) in [5, 5.41) is 3.69. The summed E-state index contributed by atoms with van der Waals surface area (Å²) >= 11 is 5.99. The second-order valence-electron chi connectivity index (χ2n) is 8.66. The van der Waals surface area contributed by atoms with Crippen LogP contribution in [-0.4, -0.2) is 65.9 Å². The zero-order valence-corrected chi connectivity index (χ0v) is 19.1. The highest BCUT2D eigenvalue weighted by Crippen LogP contribution is 2.21. The minimum Gasteiger partial charge on any atom is -0.341 e. The van der Waals surface area contributed by atoms with Gasteiger partial charge in [-0.1, -0.05) is 41.9 Å². The van der Waals surface area contributed by atoms with Crippen molar-refractivity contribution in [3.05, 3.63) is 65.2 Å². The highest BCUT2D eigenvalue weighted by atomic mass is 35.5. The molecule has 6 nitrogen and oxygen atoms in total. The molecular formula is C25H31ClN4O2. The molecular weight excluding hydrogens is 424 g/mol. The van der Waals surface area contributed by atoms with Crippen molar-refractivity contribution in [3.8, 4) is 0 Å². The Morgan fingerprint density at radius 3 is 2.41 bits per heavy atom. The number of anilines is 1. The number of nitrogens with one attached hydrogen (secondary N) is 1. The summed E-state index contributed by atoms with van der Waals surface area (Å²) in [4.78, 5) is 32.1. The molecule has 0 aromatic heterocycles. The van der Waals surface area contributed by atoms with Crippen LogP contribution in [-0.2, 0) is 11.3 Å². The van der Waals surface area contributed by atoms with E-state index in [0.717, 1.165) is 62.7 Å². The number of hydrogen-bond acceptors (Lipinski definition) is 3. The van der Waals surface area contributed by atoms with Crippen LogP contribution in [0.15, 0.2) is 54.6 Å². The van der Waals surface area contributed by atoms with Gasteiger partial charge < -0.3 is 15.1 Å². The van der Waals surface area contributed by atoms with Crippen molar-refractivity contribution >= 4 is 29.2 Å². The Labute approximate surface area is 195 Å². The molecule has 1 N–H and O–H groups in total. The Bertz CT molecular complexity index is 906. The first-order valence-electron chi connectivity index (χ1n) is 11.4. The lowest BCUT2D eigenvalue weighted by Crippen LogP contribution is -2.48. The van der Waals surface area contributed by atoms with E-state index in [9.17, 15) is 9.59 Å². The summed E-state index contributed by atoms with van der Waals surface area (Å²) in [5.41, 5.74) is 2.01. The van der Waals surface area contributed by atoms with Gasteiger partial charge in [-0.3, -0.25) is 9.69 Å². The smallest absolute Gasteiger partial charge is 0.321 e. The van der Waals surface area contributed by atoms with E-state index < -0.39 is 0 Å². The van der Waals surface area contributed by atoms with Crippen molar-refractivity contribution < 1.29 is 9.59 Å². The second kappa shape index (κ2) is 10.8. The lowest BCUT2D eigenvalue weighted by atomic mass is 9.96. The van der Waals surface area contributed by atoms with Gasteiger partial charge in [0.05, 0.1) is 5.92 Å². The molecule has 2 fully saturated rings. The molecule has 0 bridgehead atoms. The van der Waals surface area contributed by atoms with Crippen LogP contribution in [0.4, 0.5) is 10.5 Å². The van der Waals surface area contributed by atoms with Crippen molar-refractivity contribution in [2.45, 2.75) is 25.8 Å². The molecule has 32 heavy (non-hydrogen) atoms. The molecule has 7 heteroatoms. The predicted molar refractivity (Wildman–Crippen MR) is 128 cm³/mol. The van der Waals surface area contributed by atoms with Gasteiger partial charge in [0.1, 0.15) is 0 Å². The average Bonchev–Trinajstić information content (AvgIpc) is 3.06. The van der Waals surface area contributed by atoms with E-state index in [0.29, 0.717) is 13.1 Å². The van der Waals surface area contributed by atoms with Crippen molar-refractivity contribution in [1.82, 2.24) is 14.7 Å². The first kappa shape index (κ1) is 22.6. The number of carbonyl (C=O) groups is 2. The minimum absolute atomic E-state index is 0.118. The quantitative estimate of drug-likeness (QED) is 0.748. The van der Waals surface area contributed by atoms with E-state index in [2.05, 4.69) is 22.3 Å². The zero-order valence-electron chi connectivity index (χ0n) is 18.4. The summed E-state index contributed by atoms with van der Waals surface area (Å²) in [6, 6.07) is 17.3. The second-order valence-corrected chi connectivity index (χ2v) is 9.10. The normalized spacial score (nSPS) is 20.0. The Balaban J connectivity index is 1.29. The molecule has 0 saturated carbocycles. The number of likely N-dealkylation sites (tertiary alicyclic amines) is 1. The zero-order chi connectivity index (χ0) is 22.3. The predicted octanol–water partition coefficient (Wildman–Crippen LogP) is 4.32. The average molecular weight is 455 g/mol. The third kappa shape index (κ3) is 6.02. The number of nitrogens with zero attached hydrogens (tertiary/aromatic N) is 3. The van der Waals surface area contributed by atoms with Crippen LogP contribution in [0.3, 0.4) is 0 Å². The number of amides is 3. The maximum absolute atomic E-state index is 13.3. The van der Waals surface area contributed by atoms with E-state index in [1.807, 2.05) is 47.4 Å². The third-order valence-corrected chi connectivity index (χ3v) is 6.55. The van der Waals surface area contributed by atoms with Gasteiger partial charge in [-0.25, -0.2) is 4.79 Å². The van der Waals surface area contributed by atoms with Crippen molar-refractivity contribution in [3.63, 3.8) is 0 Å². The van der Waals surface area contributed by atoms with Crippen molar-refractivity contribution in [2.24, 2.45) is 5.92 Å². The van der Waals surface area contributed by atoms with E-state index >= 15 is 0 Å². The first-order valence-corrected chi connectivity index (χ1v) is 11.8. The van der Waals surface area contributed by atoms with Crippen LogP contribution in [0.2, 0.25) is 5.02 Å². The fraction of sp³-hybridized carbons (Fsp3) is 0.440. The van der Waals surface area contributed by atoms with Crippen molar-refractivity contribution in [2.75, 3.05) is 44.6 Å². The van der Waals surface area contributed by atoms with Crippen LogP contribution in [0.1, 0.15) is 24.8 Å². The van der Waals surface area contributed by atoms with E-state index in [1.165, 1.54) is 5.56 Å². The number of para-hydroxylation sites is 1. The molecule has 2 aliphatic heterocycles. The van der Waals surface area contributed by atoms with Gasteiger partial charge in [0, 0.05) is 56.5 Å². The van der Waals surface area contributed by atoms with E-state index in [1.54, 1.807) is 4.90 Å². The fourth-order valence-electron chi connectivity index (χ4n) is 4.54. The number of benzene rings is 2. The Kier molecular flexibility index (Phi) is 7.66. The van der Waals surface area contributed by atoms with E-state index in [-0.39, 0.29) is 17.9 Å². The van der Waals surface area contributed by atoms with Crippen molar-refractivity contribution in [1.29, 1.82) is 0 Å². The van der Waals surface area contributed by atoms with Gasteiger partial charge >= 0.3 is 6.03 Å². The Morgan fingerprint density at radius 1 is 0.875 bits per heavy atom. The SMILES string of the molecule is O=C(Nc1ccccc1)N1CCCC(C(=O)N2CCCN(Cc3ccc(Cl)cc3)CC2)C1. The molecule has 2 saturated heterocycles. The maximum Gasteiger partial charge on any atom is 0.321 e. The number of piperidine rings is 1. The van der Waals surface area contributed by atoms with Crippen LogP contribution >= 0.6 is 11.6 Å². The molecule has 0 spiro atoms. The van der Waals surface area contributed by atoms with E-state index in [4.69, 9.17) is 11.6 Å². The summed E-state index contributed by atoms with van der Waals surface area (Å²) in [6.45, 7) is 5.40. The lowest BCUT2D eigenvalue weighted by Gasteiger charge is -2.34. The summed E-state index contributed by atoms with van der Waals surface area (Å²) in [6.07, 6.45) is 2.67. The highest BCUT2D eigenvalue weighted by Gasteiger charge is 2.32. The fourth-order valence-corrected chi connectivity index (χ4v) is 4.67. The topological polar surface area (TPSA) is 55.9 Å². The highest BCUT2D eigenvalue weighted by molar-refractivity contribution is 6.30. The molecule has 0 aliphatic carbocycles. The maximum atomic E-state index is 13.3. The number of hydrogen-bond donors (Lipinski definition) is 1. The standard InChI is InChI=1S/C25H31ClN4O2/c26-22-11-9-20(10-12-22)18-28-13-5-15-29(17-16-28)24(31)21-6-4-14-30(19-21)25(32)27-23-7-2-1-3-8-23/h1-3,7-12,21H,4-6,13-19H2,(H,27,32). The molecule has 1 unspecified atom stereocenters. The lowest BCUT2D eigenvalue weighted by molar-refractivity contribution is -0.136. The number of halogens is 1. The third-order valence-electron chi connectivity index (χ3n) is 6.30. The molecule has 4 rings (SSSR count). The number of carbonyl (C=O) groups excluding carboxylic acids is 2. The first-order chi connectivity index (χ1) is 15.6. The summed E-state index contributed by atoms with van der Waals surface area (Å²) < 4.78 is 0. The molecule has 1 atom stereocenters. The molecule has 170 valence electrons. The summed E-state index contributed by atoms with van der Waals surface area (Å²) in [5.74, 6) is 0.0728. The van der Waals surface area contributed by atoms with Crippen LogP contribution < -0.4 is 5.32 Å². The van der Waals surface area contributed by atoms with Gasteiger partial charge in [-0.05, 0) is 49.1 Å². The molecule has 2 heterocycles. The van der Waals surface area contributed by atoms with Crippen LogP contribution in [0, 0.1) is 5.92 Å². The minimum atomic E-state index is -0.126. The molecule has 0 radical (unpaired) electrons. The van der Waals surface area contributed by atoms with Gasteiger partial charge in [0.2, 0.25) is 5.91 Å². The molecule has 2 aliphatic rings. The summed E-state index contributed by atoms with van der Waals surface area (Å²) in [7, 11) is 0.